The average Bonchev–Trinajstić information content (AvgIpc) is 2.67. The van der Waals surface area contributed by atoms with Crippen molar-refractivity contribution in [1.82, 2.24) is 5.43 Å². The van der Waals surface area contributed by atoms with Gasteiger partial charge >= 0.3 is 0 Å². The molecule has 28 heavy (non-hydrogen) atoms. The van der Waals surface area contributed by atoms with Gasteiger partial charge in [-0.2, -0.15) is 5.10 Å². The number of ether oxygens (including phenoxy) is 1. The highest BCUT2D eigenvalue weighted by molar-refractivity contribution is 6.32. The fourth-order valence-electron chi connectivity index (χ4n) is 2.70. The van der Waals surface area contributed by atoms with Gasteiger partial charge in [0.05, 0.1) is 17.7 Å². The van der Waals surface area contributed by atoms with E-state index < -0.39 is 5.91 Å². The molecule has 3 rings (SSSR count). The van der Waals surface area contributed by atoms with Crippen LogP contribution in [0.15, 0.2) is 65.8 Å². The molecule has 0 saturated carbocycles. The van der Waals surface area contributed by atoms with E-state index in [-0.39, 0.29) is 18.9 Å². The van der Waals surface area contributed by atoms with Crippen LogP contribution in [0.25, 0.3) is 10.8 Å². The molecule has 3 aromatic rings. The number of carbonyl (C=O) groups is 2. The van der Waals surface area contributed by atoms with Crippen LogP contribution in [0.4, 0.5) is 0 Å². The number of hydrogen-bond acceptors (Lipinski definition) is 4. The van der Waals surface area contributed by atoms with E-state index in [0.29, 0.717) is 16.3 Å². The van der Waals surface area contributed by atoms with E-state index in [2.05, 4.69) is 10.5 Å². The molecule has 0 aromatic heterocycles. The lowest BCUT2D eigenvalue weighted by atomic mass is 10.0. The molecule has 3 aromatic carbocycles. The van der Waals surface area contributed by atoms with Gasteiger partial charge in [-0.1, -0.05) is 54.1 Å². The van der Waals surface area contributed by atoms with Crippen LogP contribution in [-0.2, 0) is 16.0 Å². The van der Waals surface area contributed by atoms with Crippen LogP contribution >= 0.6 is 11.6 Å². The van der Waals surface area contributed by atoms with Crippen molar-refractivity contribution in [3.63, 3.8) is 0 Å². The molecule has 0 aliphatic heterocycles. The Morgan fingerprint density at radius 2 is 1.89 bits per heavy atom. The number of nitrogens with zero attached hydrogens (tertiary/aromatic N) is 1. The number of nitrogens with one attached hydrogen (secondary N) is 1. The maximum absolute atomic E-state index is 12.2. The fourth-order valence-corrected chi connectivity index (χ4v) is 2.94. The van der Waals surface area contributed by atoms with Crippen molar-refractivity contribution in [1.29, 1.82) is 0 Å². The SMILES string of the molecule is NC(=O)COc1ccc(C=NNC(=O)Cc2cccc3ccccc23)cc1Cl. The Labute approximate surface area is 166 Å². The zero-order valence-electron chi connectivity index (χ0n) is 14.9. The smallest absolute Gasteiger partial charge is 0.255 e. The van der Waals surface area contributed by atoms with Gasteiger partial charge in [-0.05, 0) is 40.1 Å². The zero-order chi connectivity index (χ0) is 19.9. The third-order valence-corrected chi connectivity index (χ3v) is 4.26. The van der Waals surface area contributed by atoms with Gasteiger partial charge in [-0.15, -0.1) is 0 Å². The first kappa shape index (κ1) is 19.4. The van der Waals surface area contributed by atoms with Crippen molar-refractivity contribution in [3.05, 3.63) is 76.8 Å². The second-order valence-corrected chi connectivity index (χ2v) is 6.46. The summed E-state index contributed by atoms with van der Waals surface area (Å²) >= 11 is 6.09. The number of halogens is 1. The lowest BCUT2D eigenvalue weighted by Gasteiger charge is -2.06. The van der Waals surface area contributed by atoms with Gasteiger partial charge in [0.2, 0.25) is 5.91 Å². The number of fused-ring (bicyclic) bond motifs is 1. The minimum atomic E-state index is -0.587. The highest BCUT2D eigenvalue weighted by Gasteiger charge is 2.07. The van der Waals surface area contributed by atoms with Gasteiger partial charge in [-0.25, -0.2) is 5.43 Å². The van der Waals surface area contributed by atoms with E-state index in [1.165, 1.54) is 6.21 Å². The summed E-state index contributed by atoms with van der Waals surface area (Å²) in [7, 11) is 0. The molecule has 0 fully saturated rings. The molecule has 3 N–H and O–H groups in total. The second-order valence-electron chi connectivity index (χ2n) is 6.05. The minimum absolute atomic E-state index is 0.222. The monoisotopic (exact) mass is 395 g/mol. The van der Waals surface area contributed by atoms with Crippen LogP contribution in [0.2, 0.25) is 5.02 Å². The average molecular weight is 396 g/mol. The van der Waals surface area contributed by atoms with Gasteiger partial charge in [0.15, 0.2) is 6.61 Å². The zero-order valence-corrected chi connectivity index (χ0v) is 15.6. The van der Waals surface area contributed by atoms with E-state index >= 15 is 0 Å². The summed E-state index contributed by atoms with van der Waals surface area (Å²) in [5, 5.41) is 6.41. The first-order valence-electron chi connectivity index (χ1n) is 8.52. The van der Waals surface area contributed by atoms with Gasteiger partial charge in [0.25, 0.3) is 5.91 Å². The quantitative estimate of drug-likeness (QED) is 0.475. The van der Waals surface area contributed by atoms with E-state index in [1.807, 2.05) is 42.5 Å². The molecule has 0 saturated heterocycles. The summed E-state index contributed by atoms with van der Waals surface area (Å²) in [6, 6.07) is 18.7. The van der Waals surface area contributed by atoms with E-state index in [9.17, 15) is 9.59 Å². The maximum Gasteiger partial charge on any atom is 0.255 e. The topological polar surface area (TPSA) is 93.8 Å². The summed E-state index contributed by atoms with van der Waals surface area (Å²) < 4.78 is 5.18. The lowest BCUT2D eigenvalue weighted by molar-refractivity contribution is -0.121. The van der Waals surface area contributed by atoms with Crippen LogP contribution in [0.1, 0.15) is 11.1 Å². The molecule has 7 heteroatoms. The lowest BCUT2D eigenvalue weighted by Crippen LogP contribution is -2.20. The molecule has 0 heterocycles. The van der Waals surface area contributed by atoms with Crippen molar-refractivity contribution < 1.29 is 14.3 Å². The molecule has 0 spiro atoms. The molecule has 6 nitrogen and oxygen atoms in total. The molecule has 0 unspecified atom stereocenters. The Bertz CT molecular complexity index is 1040. The first-order chi connectivity index (χ1) is 13.5. The largest absolute Gasteiger partial charge is 0.482 e. The Morgan fingerprint density at radius 3 is 2.68 bits per heavy atom. The van der Waals surface area contributed by atoms with Crippen LogP contribution in [0.5, 0.6) is 5.75 Å². The summed E-state index contributed by atoms with van der Waals surface area (Å²) in [6.07, 6.45) is 1.70. The van der Waals surface area contributed by atoms with Gasteiger partial charge < -0.3 is 10.5 Å². The summed E-state index contributed by atoms with van der Waals surface area (Å²) in [5.41, 5.74) is 9.15. The molecule has 2 amide bonds. The number of benzene rings is 3. The van der Waals surface area contributed by atoms with Crippen LogP contribution in [0.3, 0.4) is 0 Å². The van der Waals surface area contributed by atoms with Crippen molar-refractivity contribution in [2.75, 3.05) is 6.61 Å². The Kier molecular flexibility index (Phi) is 6.24. The molecular formula is C21H18ClN3O3. The van der Waals surface area contributed by atoms with E-state index in [4.69, 9.17) is 22.1 Å². The van der Waals surface area contributed by atoms with Crippen LogP contribution in [0, 0.1) is 0 Å². The molecule has 0 aliphatic rings. The first-order valence-corrected chi connectivity index (χ1v) is 8.90. The Balaban J connectivity index is 1.60. The summed E-state index contributed by atoms with van der Waals surface area (Å²) in [5.74, 6) is -0.465. The number of hydrogen-bond donors (Lipinski definition) is 2. The number of primary amides is 1. The van der Waals surface area contributed by atoms with E-state index in [0.717, 1.165) is 16.3 Å². The number of carbonyl (C=O) groups excluding carboxylic acids is 2. The third kappa shape index (κ3) is 5.08. The van der Waals surface area contributed by atoms with E-state index in [1.54, 1.807) is 18.2 Å². The van der Waals surface area contributed by atoms with Crippen LogP contribution < -0.4 is 15.9 Å². The number of hydrazone groups is 1. The molecular weight excluding hydrogens is 378 g/mol. The predicted octanol–water partition coefficient (Wildman–Crippen LogP) is 3.05. The summed E-state index contributed by atoms with van der Waals surface area (Å²) in [4.78, 5) is 23.0. The molecule has 0 aliphatic carbocycles. The predicted molar refractivity (Wildman–Crippen MR) is 110 cm³/mol. The third-order valence-electron chi connectivity index (χ3n) is 3.96. The highest BCUT2D eigenvalue weighted by atomic mass is 35.5. The highest BCUT2D eigenvalue weighted by Crippen LogP contribution is 2.24. The van der Waals surface area contributed by atoms with Crippen molar-refractivity contribution in [2.45, 2.75) is 6.42 Å². The standard InChI is InChI=1S/C21H18ClN3O3/c22-18-10-14(8-9-19(18)28-13-20(23)26)12-24-25-21(27)11-16-6-3-5-15-4-1-2-7-17(15)16/h1-10,12H,11,13H2,(H2,23,26)(H,25,27). The van der Waals surface area contributed by atoms with Gasteiger partial charge in [0.1, 0.15) is 5.75 Å². The normalized spacial score (nSPS) is 10.9. The van der Waals surface area contributed by atoms with Gasteiger partial charge in [0, 0.05) is 0 Å². The molecule has 0 radical (unpaired) electrons. The summed E-state index contributed by atoms with van der Waals surface area (Å²) in [6.45, 7) is -0.253. The number of amides is 2. The maximum atomic E-state index is 12.2. The molecule has 0 bridgehead atoms. The molecule has 0 atom stereocenters. The van der Waals surface area contributed by atoms with Crippen LogP contribution in [-0.4, -0.2) is 24.6 Å². The number of rotatable bonds is 7. The van der Waals surface area contributed by atoms with Gasteiger partial charge in [-0.3, -0.25) is 9.59 Å². The van der Waals surface area contributed by atoms with Crippen molar-refractivity contribution >= 4 is 40.4 Å². The second kappa shape index (κ2) is 9.01. The Hall–Kier alpha value is -3.38. The van der Waals surface area contributed by atoms with Crippen molar-refractivity contribution in [3.8, 4) is 5.75 Å². The minimum Gasteiger partial charge on any atom is -0.482 e. The van der Waals surface area contributed by atoms with Crippen molar-refractivity contribution in [2.24, 2.45) is 10.8 Å². The molecule has 142 valence electrons. The fraction of sp³-hybridized carbons (Fsp3) is 0.0952. The number of nitrogens with two attached hydrogens (primary N) is 1. The Morgan fingerprint density at radius 1 is 1.11 bits per heavy atom.